The van der Waals surface area contributed by atoms with E-state index in [9.17, 15) is 9.59 Å². The summed E-state index contributed by atoms with van der Waals surface area (Å²) in [7, 11) is 0. The molecule has 30 heavy (non-hydrogen) atoms. The molecule has 1 amide bonds. The molecule has 0 atom stereocenters. The second-order valence-electron chi connectivity index (χ2n) is 7.26. The van der Waals surface area contributed by atoms with Crippen molar-refractivity contribution in [2.24, 2.45) is 0 Å². The Labute approximate surface area is 181 Å². The smallest absolute Gasteiger partial charge is 0.307 e. The lowest BCUT2D eigenvalue weighted by atomic mass is 9.95. The molecule has 5 heteroatoms. The zero-order valence-electron chi connectivity index (χ0n) is 17.1. The molecule has 0 bridgehead atoms. The first-order chi connectivity index (χ1) is 14.4. The number of aryl methyl sites for hydroxylation is 1. The summed E-state index contributed by atoms with van der Waals surface area (Å²) in [4.78, 5) is 25.9. The predicted molar refractivity (Wildman–Crippen MR) is 120 cm³/mol. The fourth-order valence-corrected chi connectivity index (χ4v) is 3.77. The molecule has 0 unspecified atom stereocenters. The van der Waals surface area contributed by atoms with Crippen LogP contribution in [0.3, 0.4) is 0 Å². The first-order valence-electron chi connectivity index (χ1n) is 9.83. The Morgan fingerprint density at radius 1 is 1.00 bits per heavy atom. The van der Waals surface area contributed by atoms with Crippen LogP contribution in [0.5, 0.6) is 0 Å². The molecule has 3 rings (SSSR count). The van der Waals surface area contributed by atoms with Gasteiger partial charge in [0.2, 0.25) is 0 Å². The SMILES string of the molecule is CCN(Cc1cc(C)ccc1-c1cc(Cl)cc(CC(=O)O)c1)C(=O)c1ccccc1. The van der Waals surface area contributed by atoms with Gasteiger partial charge in [-0.25, -0.2) is 0 Å². The lowest BCUT2D eigenvalue weighted by Gasteiger charge is -2.23. The van der Waals surface area contributed by atoms with Crippen LogP contribution in [0, 0.1) is 6.92 Å². The fourth-order valence-electron chi connectivity index (χ4n) is 3.51. The van der Waals surface area contributed by atoms with E-state index in [2.05, 4.69) is 6.07 Å². The Balaban J connectivity index is 1.99. The van der Waals surface area contributed by atoms with Gasteiger partial charge < -0.3 is 10.0 Å². The molecule has 1 N–H and O–H groups in total. The standard InChI is InChI=1S/C25H24ClNO3/c1-3-27(25(30)19-7-5-4-6-8-19)16-21-11-17(2)9-10-23(21)20-12-18(14-24(28)29)13-22(26)15-20/h4-13,15H,3,14,16H2,1-2H3,(H,28,29). The van der Waals surface area contributed by atoms with Gasteiger partial charge in [0, 0.05) is 23.7 Å². The van der Waals surface area contributed by atoms with Crippen LogP contribution in [-0.2, 0) is 17.8 Å². The second kappa shape index (κ2) is 9.59. The van der Waals surface area contributed by atoms with Crippen LogP contribution >= 0.6 is 11.6 Å². The summed E-state index contributed by atoms with van der Waals surface area (Å²) >= 11 is 6.27. The molecule has 0 aromatic heterocycles. The zero-order valence-corrected chi connectivity index (χ0v) is 17.8. The number of carboxylic acid groups (broad SMARTS) is 1. The maximum atomic E-state index is 13.0. The fraction of sp³-hybridized carbons (Fsp3) is 0.200. The van der Waals surface area contributed by atoms with Crippen molar-refractivity contribution in [2.45, 2.75) is 26.8 Å². The number of nitrogens with zero attached hydrogens (tertiary/aromatic N) is 1. The minimum atomic E-state index is -0.905. The number of hydrogen-bond acceptors (Lipinski definition) is 2. The Bertz CT molecular complexity index is 1060. The van der Waals surface area contributed by atoms with Crippen LogP contribution in [0.25, 0.3) is 11.1 Å². The first-order valence-corrected chi connectivity index (χ1v) is 10.2. The number of aliphatic carboxylic acids is 1. The average molecular weight is 422 g/mol. The van der Waals surface area contributed by atoms with Gasteiger partial charge in [0.1, 0.15) is 0 Å². The highest BCUT2D eigenvalue weighted by molar-refractivity contribution is 6.31. The lowest BCUT2D eigenvalue weighted by molar-refractivity contribution is -0.136. The number of rotatable bonds is 7. The molecule has 0 saturated heterocycles. The molecule has 0 radical (unpaired) electrons. The molecule has 0 heterocycles. The third-order valence-electron chi connectivity index (χ3n) is 4.94. The van der Waals surface area contributed by atoms with Crippen molar-refractivity contribution in [1.29, 1.82) is 0 Å². The molecule has 0 aliphatic rings. The number of carbonyl (C=O) groups is 2. The van der Waals surface area contributed by atoms with E-state index >= 15 is 0 Å². The third kappa shape index (κ3) is 5.28. The van der Waals surface area contributed by atoms with E-state index in [1.807, 2.05) is 68.4 Å². The van der Waals surface area contributed by atoms with Gasteiger partial charge in [-0.15, -0.1) is 0 Å². The lowest BCUT2D eigenvalue weighted by Crippen LogP contribution is -2.30. The Morgan fingerprint density at radius 3 is 2.40 bits per heavy atom. The van der Waals surface area contributed by atoms with Crippen molar-refractivity contribution in [2.75, 3.05) is 6.54 Å². The summed E-state index contributed by atoms with van der Waals surface area (Å²) in [6, 6.07) is 20.7. The predicted octanol–water partition coefficient (Wildman–Crippen LogP) is 5.60. The summed E-state index contributed by atoms with van der Waals surface area (Å²) in [5, 5.41) is 9.63. The highest BCUT2D eigenvalue weighted by Crippen LogP contribution is 2.30. The van der Waals surface area contributed by atoms with Crippen LogP contribution in [0.15, 0.2) is 66.7 Å². The molecule has 3 aromatic rings. The number of hydrogen-bond donors (Lipinski definition) is 1. The van der Waals surface area contributed by atoms with E-state index in [0.29, 0.717) is 29.2 Å². The van der Waals surface area contributed by atoms with Crippen LogP contribution < -0.4 is 0 Å². The second-order valence-corrected chi connectivity index (χ2v) is 7.70. The molecule has 0 saturated carbocycles. The van der Waals surface area contributed by atoms with Crippen molar-refractivity contribution in [3.63, 3.8) is 0 Å². The van der Waals surface area contributed by atoms with Gasteiger partial charge in [0.05, 0.1) is 6.42 Å². The van der Waals surface area contributed by atoms with Gasteiger partial charge in [-0.05, 0) is 60.4 Å². The van der Waals surface area contributed by atoms with Crippen LogP contribution in [0.4, 0.5) is 0 Å². The number of benzene rings is 3. The van der Waals surface area contributed by atoms with Crippen molar-refractivity contribution < 1.29 is 14.7 Å². The topological polar surface area (TPSA) is 57.6 Å². The molecule has 0 aliphatic heterocycles. The summed E-state index contributed by atoms with van der Waals surface area (Å²) in [5.74, 6) is -0.929. The van der Waals surface area contributed by atoms with Gasteiger partial charge in [0.15, 0.2) is 0 Å². The molecule has 0 aliphatic carbocycles. The number of carboxylic acids is 1. The number of amides is 1. The Hall–Kier alpha value is -3.11. The van der Waals surface area contributed by atoms with Crippen molar-refractivity contribution in [1.82, 2.24) is 4.90 Å². The largest absolute Gasteiger partial charge is 0.481 e. The van der Waals surface area contributed by atoms with Gasteiger partial charge in [-0.1, -0.05) is 59.6 Å². The molecular weight excluding hydrogens is 398 g/mol. The van der Waals surface area contributed by atoms with Gasteiger partial charge in [0.25, 0.3) is 5.91 Å². The van der Waals surface area contributed by atoms with E-state index in [-0.39, 0.29) is 12.3 Å². The van der Waals surface area contributed by atoms with E-state index in [1.165, 1.54) is 0 Å². The highest BCUT2D eigenvalue weighted by atomic mass is 35.5. The number of carbonyl (C=O) groups excluding carboxylic acids is 1. The average Bonchev–Trinajstić information content (AvgIpc) is 2.71. The van der Waals surface area contributed by atoms with Crippen LogP contribution in [0.2, 0.25) is 5.02 Å². The zero-order chi connectivity index (χ0) is 21.7. The molecule has 0 spiro atoms. The normalized spacial score (nSPS) is 10.6. The van der Waals surface area contributed by atoms with Crippen molar-refractivity contribution >= 4 is 23.5 Å². The first kappa shape index (κ1) is 21.6. The van der Waals surface area contributed by atoms with Gasteiger partial charge in [-0.3, -0.25) is 9.59 Å². The molecule has 0 fully saturated rings. The minimum Gasteiger partial charge on any atom is -0.481 e. The van der Waals surface area contributed by atoms with Gasteiger partial charge in [-0.2, -0.15) is 0 Å². The van der Waals surface area contributed by atoms with Crippen LogP contribution in [0.1, 0.15) is 34.0 Å². The van der Waals surface area contributed by atoms with Gasteiger partial charge >= 0.3 is 5.97 Å². The summed E-state index contributed by atoms with van der Waals surface area (Å²) in [5.41, 5.74) is 5.16. The Kier molecular flexibility index (Phi) is 6.91. The Morgan fingerprint density at radius 2 is 1.73 bits per heavy atom. The monoisotopic (exact) mass is 421 g/mol. The molecule has 3 aromatic carbocycles. The molecule has 4 nitrogen and oxygen atoms in total. The quantitative estimate of drug-likeness (QED) is 0.539. The molecule has 154 valence electrons. The van der Waals surface area contributed by atoms with Crippen LogP contribution in [-0.4, -0.2) is 28.4 Å². The molecular formula is C25H24ClNO3. The third-order valence-corrected chi connectivity index (χ3v) is 5.15. The van der Waals surface area contributed by atoms with E-state index in [4.69, 9.17) is 16.7 Å². The van der Waals surface area contributed by atoms with Crippen molar-refractivity contribution in [3.8, 4) is 11.1 Å². The summed E-state index contributed by atoms with van der Waals surface area (Å²) in [6.07, 6.45) is -0.0949. The minimum absolute atomic E-state index is 0.0248. The number of halogens is 1. The summed E-state index contributed by atoms with van der Waals surface area (Å²) in [6.45, 7) is 4.99. The summed E-state index contributed by atoms with van der Waals surface area (Å²) < 4.78 is 0. The van der Waals surface area contributed by atoms with E-state index < -0.39 is 5.97 Å². The van der Waals surface area contributed by atoms with E-state index in [0.717, 1.165) is 22.3 Å². The maximum Gasteiger partial charge on any atom is 0.307 e. The van der Waals surface area contributed by atoms with E-state index in [1.54, 1.807) is 11.0 Å². The maximum absolute atomic E-state index is 13.0. The highest BCUT2D eigenvalue weighted by Gasteiger charge is 2.17. The van der Waals surface area contributed by atoms with Crippen molar-refractivity contribution in [3.05, 3.63) is 94.0 Å².